The van der Waals surface area contributed by atoms with Crippen LogP contribution < -0.4 is 4.90 Å². The second-order valence-corrected chi connectivity index (χ2v) is 11.8. The Morgan fingerprint density at radius 1 is 1.22 bits per heavy atom. The smallest absolute Gasteiger partial charge is 0.156 e. The van der Waals surface area contributed by atoms with E-state index in [2.05, 4.69) is 47.9 Å². The van der Waals surface area contributed by atoms with Crippen molar-refractivity contribution in [2.24, 2.45) is 22.7 Å². The van der Waals surface area contributed by atoms with Gasteiger partial charge in [-0.1, -0.05) is 43.4 Å². The van der Waals surface area contributed by atoms with Crippen LogP contribution in [0.25, 0.3) is 0 Å². The lowest BCUT2D eigenvalue weighted by atomic mass is 9.48. The SMILES string of the molecule is CCC(=O)[C@]1(C#CCO)CC[C@H]2[C@@H]3CC(F)C4=CC(=O)CCC4=C3[C@@H](c3ccc(N(C)C)cc3)C[C@@]21C. The molecule has 0 saturated heterocycles. The molecule has 37 heavy (non-hydrogen) atoms. The molecule has 1 aromatic rings. The van der Waals surface area contributed by atoms with Gasteiger partial charge in [-0.15, -0.1) is 0 Å². The minimum Gasteiger partial charge on any atom is -0.384 e. The second-order valence-electron chi connectivity index (χ2n) is 11.8. The third kappa shape index (κ3) is 3.91. The zero-order valence-corrected chi connectivity index (χ0v) is 22.4. The Labute approximate surface area is 220 Å². The minimum atomic E-state index is -1.16. The first-order valence-electron chi connectivity index (χ1n) is 13.7. The molecular weight excluding hydrogens is 465 g/mol. The molecule has 0 aliphatic heterocycles. The number of anilines is 1. The van der Waals surface area contributed by atoms with E-state index in [1.807, 2.05) is 21.0 Å². The summed E-state index contributed by atoms with van der Waals surface area (Å²) in [5.41, 5.74) is 3.95. The highest BCUT2D eigenvalue weighted by Crippen LogP contribution is 2.70. The molecule has 0 spiro atoms. The van der Waals surface area contributed by atoms with Crippen LogP contribution in [0.5, 0.6) is 0 Å². The first-order valence-corrected chi connectivity index (χ1v) is 13.7. The van der Waals surface area contributed by atoms with Crippen molar-refractivity contribution in [1.29, 1.82) is 0 Å². The largest absolute Gasteiger partial charge is 0.384 e. The molecule has 2 saturated carbocycles. The summed E-state index contributed by atoms with van der Waals surface area (Å²) in [6.07, 6.45) is 4.38. The number of fused-ring (bicyclic) bond motifs is 4. The summed E-state index contributed by atoms with van der Waals surface area (Å²) in [7, 11) is 4.03. The van der Waals surface area contributed by atoms with Gasteiger partial charge in [0.2, 0.25) is 0 Å². The summed E-state index contributed by atoms with van der Waals surface area (Å²) in [5, 5.41) is 9.57. The lowest BCUT2D eigenvalue weighted by Gasteiger charge is -2.55. The molecule has 1 unspecified atom stereocenters. The summed E-state index contributed by atoms with van der Waals surface area (Å²) >= 11 is 0. The van der Waals surface area contributed by atoms with Gasteiger partial charge in [-0.25, -0.2) is 4.39 Å². The van der Waals surface area contributed by atoms with Crippen LogP contribution in [0.1, 0.15) is 70.3 Å². The monoisotopic (exact) mass is 503 g/mol. The number of benzene rings is 1. The average Bonchev–Trinajstić information content (AvgIpc) is 3.19. The fraction of sp³-hybridized carbons (Fsp3) is 0.562. The van der Waals surface area contributed by atoms with Crippen molar-refractivity contribution in [2.45, 2.75) is 70.9 Å². The fourth-order valence-corrected chi connectivity index (χ4v) is 8.19. The van der Waals surface area contributed by atoms with Crippen LogP contribution in [-0.2, 0) is 9.59 Å². The third-order valence-electron chi connectivity index (χ3n) is 9.94. The van der Waals surface area contributed by atoms with Crippen LogP contribution in [-0.4, -0.2) is 43.5 Å². The molecule has 1 aromatic carbocycles. The Morgan fingerprint density at radius 2 is 1.95 bits per heavy atom. The number of carbonyl (C=O) groups is 2. The summed E-state index contributed by atoms with van der Waals surface area (Å²) in [4.78, 5) is 28.0. The number of nitrogens with zero attached hydrogens (tertiary/aromatic N) is 1. The number of hydrogen-bond donors (Lipinski definition) is 1. The number of aliphatic hydroxyl groups excluding tert-OH is 1. The molecule has 4 aliphatic carbocycles. The van der Waals surface area contributed by atoms with Gasteiger partial charge in [0.15, 0.2) is 11.6 Å². The van der Waals surface area contributed by atoms with Crippen LogP contribution in [0.3, 0.4) is 0 Å². The molecule has 0 bridgehead atoms. The van der Waals surface area contributed by atoms with Gasteiger partial charge in [0, 0.05) is 38.5 Å². The average molecular weight is 504 g/mol. The van der Waals surface area contributed by atoms with Gasteiger partial charge < -0.3 is 10.0 Å². The highest BCUT2D eigenvalue weighted by Gasteiger charge is 2.65. The molecular formula is C32H38FNO3. The zero-order valence-electron chi connectivity index (χ0n) is 22.4. The molecule has 4 aliphatic rings. The third-order valence-corrected chi connectivity index (χ3v) is 9.94. The summed E-state index contributed by atoms with van der Waals surface area (Å²) in [6.45, 7) is 3.82. The number of aliphatic hydroxyl groups is 1. The Kier molecular flexibility index (Phi) is 6.69. The Bertz CT molecular complexity index is 1230. The standard InChI is InChI=1S/C32H38FNO3/c1-5-29(37)32(14-6-16-35)15-13-27-25-18-28(33)24-17-22(36)11-12-23(24)30(25)26(19-31(27,32)2)20-7-9-21(10-8-20)34(3)4/h7-10,17,25-28,35H,5,11-13,15-16,18-19H2,1-4H3/t25-,26+,27-,28?,31-,32-/m0/s1. The summed E-state index contributed by atoms with van der Waals surface area (Å²) < 4.78 is 15.7. The molecule has 2 fully saturated rings. The minimum absolute atomic E-state index is 0.00934. The van der Waals surface area contributed by atoms with E-state index in [0.29, 0.717) is 37.7 Å². The van der Waals surface area contributed by atoms with E-state index in [-0.39, 0.29) is 35.9 Å². The van der Waals surface area contributed by atoms with Crippen LogP contribution in [0.15, 0.2) is 47.1 Å². The predicted molar refractivity (Wildman–Crippen MR) is 144 cm³/mol. The molecule has 1 N–H and O–H groups in total. The number of hydrogen-bond acceptors (Lipinski definition) is 4. The van der Waals surface area contributed by atoms with E-state index in [1.54, 1.807) is 6.08 Å². The maximum Gasteiger partial charge on any atom is 0.156 e. The van der Waals surface area contributed by atoms with E-state index in [9.17, 15) is 14.7 Å². The Balaban J connectivity index is 1.72. The van der Waals surface area contributed by atoms with Gasteiger partial charge in [-0.3, -0.25) is 9.59 Å². The Hall–Kier alpha value is -2.71. The van der Waals surface area contributed by atoms with Gasteiger partial charge in [0.05, 0.1) is 5.41 Å². The summed E-state index contributed by atoms with van der Waals surface area (Å²) in [6, 6.07) is 8.59. The molecule has 0 aromatic heterocycles. The maximum absolute atomic E-state index is 15.7. The topological polar surface area (TPSA) is 57.6 Å². The summed E-state index contributed by atoms with van der Waals surface area (Å²) in [5.74, 6) is 6.45. The lowest BCUT2D eigenvalue weighted by Crippen LogP contribution is -2.51. The van der Waals surface area contributed by atoms with E-state index >= 15 is 4.39 Å². The van der Waals surface area contributed by atoms with Gasteiger partial charge in [-0.2, -0.15) is 0 Å². The number of allylic oxidation sites excluding steroid dienone is 4. The molecule has 0 radical (unpaired) electrons. The maximum atomic E-state index is 15.7. The van der Waals surface area contributed by atoms with Gasteiger partial charge in [0.25, 0.3) is 0 Å². The quantitative estimate of drug-likeness (QED) is 0.547. The van der Waals surface area contributed by atoms with Crippen molar-refractivity contribution in [3.05, 3.63) is 52.6 Å². The van der Waals surface area contributed by atoms with E-state index in [0.717, 1.165) is 24.1 Å². The van der Waals surface area contributed by atoms with Gasteiger partial charge in [-0.05, 0) is 84.3 Å². The van der Waals surface area contributed by atoms with Crippen molar-refractivity contribution in [3.8, 4) is 11.8 Å². The van der Waals surface area contributed by atoms with Gasteiger partial charge >= 0.3 is 0 Å². The van der Waals surface area contributed by atoms with Crippen molar-refractivity contribution in [2.75, 3.05) is 25.6 Å². The number of alkyl halides is 1. The van der Waals surface area contributed by atoms with Crippen LogP contribution in [0.2, 0.25) is 0 Å². The van der Waals surface area contributed by atoms with Crippen molar-refractivity contribution in [3.63, 3.8) is 0 Å². The first kappa shape index (κ1) is 25.9. The molecule has 5 heteroatoms. The number of rotatable bonds is 4. The molecule has 4 nitrogen and oxygen atoms in total. The highest BCUT2D eigenvalue weighted by atomic mass is 19.1. The molecule has 0 heterocycles. The number of carbonyl (C=O) groups excluding carboxylic acids is 2. The molecule has 0 amide bonds. The predicted octanol–water partition coefficient (Wildman–Crippen LogP) is 5.56. The van der Waals surface area contributed by atoms with Crippen molar-refractivity contribution >= 4 is 17.3 Å². The lowest BCUT2D eigenvalue weighted by molar-refractivity contribution is -0.132. The van der Waals surface area contributed by atoms with Crippen LogP contribution in [0, 0.1) is 34.5 Å². The zero-order chi connectivity index (χ0) is 26.5. The Morgan fingerprint density at radius 3 is 2.59 bits per heavy atom. The second kappa shape index (κ2) is 9.55. The van der Waals surface area contributed by atoms with Crippen LogP contribution >= 0.6 is 0 Å². The first-order chi connectivity index (χ1) is 17.7. The highest BCUT2D eigenvalue weighted by molar-refractivity contribution is 5.93. The van der Waals surface area contributed by atoms with E-state index < -0.39 is 17.0 Å². The molecule has 196 valence electrons. The molecule has 6 atom stereocenters. The van der Waals surface area contributed by atoms with Gasteiger partial charge in [0.1, 0.15) is 12.8 Å². The normalized spacial score (nSPS) is 34.5. The number of halogens is 1. The molecule has 5 rings (SSSR count). The van der Waals surface area contributed by atoms with E-state index in [4.69, 9.17) is 0 Å². The van der Waals surface area contributed by atoms with E-state index in [1.165, 1.54) is 11.1 Å². The van der Waals surface area contributed by atoms with Crippen molar-refractivity contribution in [1.82, 2.24) is 0 Å². The van der Waals surface area contributed by atoms with Crippen LogP contribution in [0.4, 0.5) is 10.1 Å². The number of Topliss-reactive ketones (excluding diaryl/α,β-unsaturated/α-hetero) is 1. The van der Waals surface area contributed by atoms with Crippen molar-refractivity contribution < 1.29 is 19.1 Å². The number of ketones is 2. The fourth-order valence-electron chi connectivity index (χ4n) is 8.19.